The van der Waals surface area contributed by atoms with E-state index in [9.17, 15) is 9.90 Å². The van der Waals surface area contributed by atoms with Crippen molar-refractivity contribution in [1.29, 1.82) is 0 Å². The summed E-state index contributed by atoms with van der Waals surface area (Å²) in [5.74, 6) is 0.101. The zero-order chi connectivity index (χ0) is 14.2. The van der Waals surface area contributed by atoms with E-state index in [1.165, 1.54) is 0 Å². The van der Waals surface area contributed by atoms with Crippen LogP contribution in [0.1, 0.15) is 37.5 Å². The Bertz CT molecular complexity index is 497. The van der Waals surface area contributed by atoms with Crippen LogP contribution in [0.5, 0.6) is 0 Å². The van der Waals surface area contributed by atoms with E-state index in [0.717, 1.165) is 23.4 Å². The third-order valence-corrected chi connectivity index (χ3v) is 3.95. The molecule has 1 amide bonds. The number of aliphatic hydroxyl groups is 1. The van der Waals surface area contributed by atoms with Crippen LogP contribution in [0.4, 0.5) is 5.69 Å². The van der Waals surface area contributed by atoms with Gasteiger partial charge in [-0.05, 0) is 51.1 Å². The molecule has 1 unspecified atom stereocenters. The fourth-order valence-electron chi connectivity index (χ4n) is 2.65. The summed E-state index contributed by atoms with van der Waals surface area (Å²) in [6, 6.07) is 5.81. The topological polar surface area (TPSA) is 52.6 Å². The van der Waals surface area contributed by atoms with E-state index in [1.54, 1.807) is 11.9 Å². The quantitative estimate of drug-likeness (QED) is 0.866. The maximum absolute atomic E-state index is 12.2. The average molecular weight is 262 g/mol. The van der Waals surface area contributed by atoms with Crippen LogP contribution < -0.4 is 10.2 Å². The lowest BCUT2D eigenvalue weighted by Crippen LogP contribution is -2.33. The molecule has 0 spiro atoms. The second-order valence-corrected chi connectivity index (χ2v) is 5.67. The standard InChI is InChI=1S/C15H22N2O2/c1-15(2)11-9-10(13(18)7-8-16-3)5-6-12(11)17(4)14(15)19/h5-6,9,13,16,18H,7-8H2,1-4H3. The Hall–Kier alpha value is -1.39. The van der Waals surface area contributed by atoms with Gasteiger partial charge in [-0.15, -0.1) is 0 Å². The molecule has 1 aromatic carbocycles. The monoisotopic (exact) mass is 262 g/mol. The van der Waals surface area contributed by atoms with Crippen LogP contribution in [-0.4, -0.2) is 31.7 Å². The number of hydrogen-bond acceptors (Lipinski definition) is 3. The molecular weight excluding hydrogens is 240 g/mol. The molecular formula is C15H22N2O2. The molecule has 2 N–H and O–H groups in total. The molecule has 4 nitrogen and oxygen atoms in total. The number of aliphatic hydroxyl groups excluding tert-OH is 1. The molecule has 0 radical (unpaired) electrons. The predicted molar refractivity (Wildman–Crippen MR) is 76.4 cm³/mol. The summed E-state index contributed by atoms with van der Waals surface area (Å²) in [4.78, 5) is 13.9. The highest BCUT2D eigenvalue weighted by Crippen LogP contribution is 2.41. The number of fused-ring (bicyclic) bond motifs is 1. The number of carbonyl (C=O) groups is 1. The predicted octanol–water partition coefficient (Wildman–Crippen LogP) is 1.58. The van der Waals surface area contributed by atoms with Gasteiger partial charge in [0.05, 0.1) is 11.5 Å². The fourth-order valence-corrected chi connectivity index (χ4v) is 2.65. The average Bonchev–Trinajstić information content (AvgIpc) is 2.57. The number of nitrogens with zero attached hydrogens (tertiary/aromatic N) is 1. The van der Waals surface area contributed by atoms with Crippen LogP contribution in [0.2, 0.25) is 0 Å². The summed E-state index contributed by atoms with van der Waals surface area (Å²) in [6.07, 6.45) is 0.175. The van der Waals surface area contributed by atoms with E-state index >= 15 is 0 Å². The molecule has 0 aliphatic carbocycles. The van der Waals surface area contributed by atoms with Gasteiger partial charge in [0.15, 0.2) is 0 Å². The molecule has 0 bridgehead atoms. The third kappa shape index (κ3) is 2.26. The van der Waals surface area contributed by atoms with Crippen molar-refractivity contribution in [1.82, 2.24) is 5.32 Å². The van der Waals surface area contributed by atoms with Crippen molar-refractivity contribution >= 4 is 11.6 Å². The summed E-state index contributed by atoms with van der Waals surface area (Å²) in [6.45, 7) is 4.63. The van der Waals surface area contributed by atoms with Gasteiger partial charge in [-0.2, -0.15) is 0 Å². The Balaban J connectivity index is 2.35. The molecule has 19 heavy (non-hydrogen) atoms. The van der Waals surface area contributed by atoms with Gasteiger partial charge in [-0.3, -0.25) is 4.79 Å². The Morgan fingerprint density at radius 3 is 2.74 bits per heavy atom. The third-order valence-electron chi connectivity index (χ3n) is 3.95. The lowest BCUT2D eigenvalue weighted by molar-refractivity contribution is -0.121. The molecule has 1 aliphatic rings. The molecule has 0 saturated heterocycles. The van der Waals surface area contributed by atoms with Crippen molar-refractivity contribution in [3.8, 4) is 0 Å². The number of benzene rings is 1. The number of carbonyl (C=O) groups excluding carboxylic acids is 1. The number of rotatable bonds is 4. The summed E-state index contributed by atoms with van der Waals surface area (Å²) in [7, 11) is 3.67. The Kier molecular flexibility index (Phi) is 3.65. The van der Waals surface area contributed by atoms with Crippen molar-refractivity contribution in [2.45, 2.75) is 31.8 Å². The van der Waals surface area contributed by atoms with Gasteiger partial charge in [0.1, 0.15) is 0 Å². The van der Waals surface area contributed by atoms with Crippen LogP contribution in [0.3, 0.4) is 0 Å². The van der Waals surface area contributed by atoms with Crippen LogP contribution >= 0.6 is 0 Å². The van der Waals surface area contributed by atoms with Crippen molar-refractivity contribution in [3.63, 3.8) is 0 Å². The van der Waals surface area contributed by atoms with Gasteiger partial charge in [-0.25, -0.2) is 0 Å². The van der Waals surface area contributed by atoms with Crippen LogP contribution in [0.25, 0.3) is 0 Å². The lowest BCUT2D eigenvalue weighted by atomic mass is 9.85. The number of nitrogens with one attached hydrogen (secondary N) is 1. The second-order valence-electron chi connectivity index (χ2n) is 5.67. The number of likely N-dealkylation sites (N-methyl/N-ethyl adjacent to an activating group) is 1. The van der Waals surface area contributed by atoms with Gasteiger partial charge >= 0.3 is 0 Å². The molecule has 0 saturated carbocycles. The molecule has 1 atom stereocenters. The Morgan fingerprint density at radius 2 is 2.11 bits per heavy atom. The smallest absolute Gasteiger partial charge is 0.236 e. The minimum Gasteiger partial charge on any atom is -0.388 e. The Labute approximate surface area is 114 Å². The summed E-state index contributed by atoms with van der Waals surface area (Å²) >= 11 is 0. The molecule has 104 valence electrons. The molecule has 1 aromatic rings. The molecule has 0 aromatic heterocycles. The number of amides is 1. The first-order valence-corrected chi connectivity index (χ1v) is 6.65. The van der Waals surface area contributed by atoms with E-state index in [2.05, 4.69) is 5.32 Å². The van der Waals surface area contributed by atoms with E-state index in [0.29, 0.717) is 6.42 Å². The van der Waals surface area contributed by atoms with E-state index in [-0.39, 0.29) is 5.91 Å². The van der Waals surface area contributed by atoms with Gasteiger partial charge in [0.25, 0.3) is 0 Å². The highest BCUT2D eigenvalue weighted by atomic mass is 16.3. The maximum atomic E-state index is 12.2. The Morgan fingerprint density at radius 1 is 1.42 bits per heavy atom. The second kappa shape index (κ2) is 4.94. The first-order valence-electron chi connectivity index (χ1n) is 6.65. The maximum Gasteiger partial charge on any atom is 0.236 e. The molecule has 1 aliphatic heterocycles. The van der Waals surface area contributed by atoms with E-state index in [4.69, 9.17) is 0 Å². The first-order chi connectivity index (χ1) is 8.89. The zero-order valence-electron chi connectivity index (χ0n) is 12.0. The largest absolute Gasteiger partial charge is 0.388 e. The van der Waals surface area contributed by atoms with Crippen molar-refractivity contribution < 1.29 is 9.90 Å². The summed E-state index contributed by atoms with van der Waals surface area (Å²) < 4.78 is 0. The first kappa shape index (κ1) is 14.0. The number of anilines is 1. The normalized spacial score (nSPS) is 18.6. The van der Waals surface area contributed by atoms with E-state index in [1.807, 2.05) is 39.1 Å². The van der Waals surface area contributed by atoms with Gasteiger partial charge < -0.3 is 15.3 Å². The summed E-state index contributed by atoms with van der Waals surface area (Å²) in [5, 5.41) is 13.2. The van der Waals surface area contributed by atoms with E-state index < -0.39 is 11.5 Å². The van der Waals surface area contributed by atoms with Crippen LogP contribution in [0.15, 0.2) is 18.2 Å². The van der Waals surface area contributed by atoms with Crippen LogP contribution in [-0.2, 0) is 10.2 Å². The highest BCUT2D eigenvalue weighted by Gasteiger charge is 2.42. The highest BCUT2D eigenvalue weighted by molar-refractivity contribution is 6.07. The van der Waals surface area contributed by atoms with Crippen molar-refractivity contribution in [2.75, 3.05) is 25.5 Å². The van der Waals surface area contributed by atoms with Gasteiger partial charge in [-0.1, -0.05) is 12.1 Å². The van der Waals surface area contributed by atoms with Gasteiger partial charge in [0, 0.05) is 12.7 Å². The summed E-state index contributed by atoms with van der Waals surface area (Å²) in [5.41, 5.74) is 2.31. The minimum absolute atomic E-state index is 0.101. The van der Waals surface area contributed by atoms with Gasteiger partial charge in [0.2, 0.25) is 5.91 Å². The molecule has 4 heteroatoms. The molecule has 1 heterocycles. The van der Waals surface area contributed by atoms with Crippen molar-refractivity contribution in [3.05, 3.63) is 29.3 Å². The van der Waals surface area contributed by atoms with Crippen molar-refractivity contribution in [2.24, 2.45) is 0 Å². The molecule has 2 rings (SSSR count). The number of hydrogen-bond donors (Lipinski definition) is 2. The fraction of sp³-hybridized carbons (Fsp3) is 0.533. The SMILES string of the molecule is CNCCC(O)c1ccc2c(c1)C(C)(C)C(=O)N2C. The van der Waals surface area contributed by atoms with Crippen LogP contribution in [0, 0.1) is 0 Å². The zero-order valence-corrected chi connectivity index (χ0v) is 12.0. The minimum atomic E-state index is -0.511. The lowest BCUT2D eigenvalue weighted by Gasteiger charge is -2.18. The molecule has 0 fully saturated rings.